The van der Waals surface area contributed by atoms with E-state index in [2.05, 4.69) is 26.2 Å². The molecule has 1 aliphatic rings. The zero-order valence-electron chi connectivity index (χ0n) is 10.5. The van der Waals surface area contributed by atoms with Crippen molar-refractivity contribution in [1.82, 2.24) is 5.32 Å². The zero-order valence-corrected chi connectivity index (χ0v) is 13.7. The van der Waals surface area contributed by atoms with Gasteiger partial charge in [0, 0.05) is 14.7 Å². The number of nitrogens with one attached hydrogen (secondary N) is 1. The lowest BCUT2D eigenvalue weighted by molar-refractivity contribution is -0.115. The molecule has 3 nitrogen and oxygen atoms in total. The Balaban J connectivity index is 1.81. The van der Waals surface area contributed by atoms with Gasteiger partial charge in [0.1, 0.15) is 5.82 Å². The van der Waals surface area contributed by atoms with Crippen molar-refractivity contribution in [1.29, 1.82) is 0 Å². The second kappa shape index (κ2) is 6.13. The Morgan fingerprint density at radius 1 is 1.29 bits per heavy atom. The summed E-state index contributed by atoms with van der Waals surface area (Å²) in [6.45, 7) is 0. The number of amides is 1. The molecule has 3 rings (SSSR count). The Morgan fingerprint density at radius 3 is 2.71 bits per heavy atom. The normalized spacial score (nSPS) is 18.5. The molecule has 7 heteroatoms. The van der Waals surface area contributed by atoms with Crippen LogP contribution >= 0.6 is 39.0 Å². The molecule has 1 amide bonds. The fourth-order valence-electron chi connectivity index (χ4n) is 1.65. The number of aliphatic imine (C=N–C) groups is 1. The SMILES string of the molecule is O=C1NC(=Nc2ccc(F)cc2)S/C1=C/c1cc(Br)cs1. The predicted octanol–water partition coefficient (Wildman–Crippen LogP) is 4.54. The van der Waals surface area contributed by atoms with Gasteiger partial charge in [0.2, 0.25) is 0 Å². The summed E-state index contributed by atoms with van der Waals surface area (Å²) >= 11 is 6.20. The maximum atomic E-state index is 12.8. The van der Waals surface area contributed by atoms with E-state index in [0.717, 1.165) is 9.35 Å². The molecule has 2 heterocycles. The summed E-state index contributed by atoms with van der Waals surface area (Å²) in [5.74, 6) is -0.490. The Bertz CT molecular complexity index is 753. The number of rotatable bonds is 2. The van der Waals surface area contributed by atoms with Gasteiger partial charge in [0.05, 0.1) is 10.6 Å². The summed E-state index contributed by atoms with van der Waals surface area (Å²) < 4.78 is 13.8. The van der Waals surface area contributed by atoms with E-state index in [1.807, 2.05) is 17.5 Å². The highest BCUT2D eigenvalue weighted by atomic mass is 79.9. The van der Waals surface area contributed by atoms with Crippen molar-refractivity contribution in [2.24, 2.45) is 4.99 Å². The Labute approximate surface area is 137 Å². The van der Waals surface area contributed by atoms with Gasteiger partial charge in [-0.2, -0.15) is 0 Å². The summed E-state index contributed by atoms with van der Waals surface area (Å²) in [5.41, 5.74) is 0.597. The predicted molar refractivity (Wildman–Crippen MR) is 89.2 cm³/mol. The monoisotopic (exact) mass is 382 g/mol. The summed E-state index contributed by atoms with van der Waals surface area (Å²) in [6.07, 6.45) is 1.82. The van der Waals surface area contributed by atoms with Gasteiger partial charge in [-0.05, 0) is 64.1 Å². The van der Waals surface area contributed by atoms with Crippen molar-refractivity contribution in [2.45, 2.75) is 0 Å². The van der Waals surface area contributed by atoms with Gasteiger partial charge >= 0.3 is 0 Å². The molecule has 1 fully saturated rings. The number of thiophene rings is 1. The molecule has 0 saturated carbocycles. The van der Waals surface area contributed by atoms with E-state index < -0.39 is 0 Å². The van der Waals surface area contributed by atoms with Crippen LogP contribution in [0.3, 0.4) is 0 Å². The topological polar surface area (TPSA) is 41.5 Å². The molecule has 0 spiro atoms. The van der Waals surface area contributed by atoms with Crippen LogP contribution in [0.2, 0.25) is 0 Å². The highest BCUT2D eigenvalue weighted by Crippen LogP contribution is 2.30. The van der Waals surface area contributed by atoms with Crippen LogP contribution in [0.25, 0.3) is 6.08 Å². The molecule has 1 saturated heterocycles. The van der Waals surface area contributed by atoms with E-state index in [9.17, 15) is 9.18 Å². The molecule has 1 N–H and O–H groups in total. The summed E-state index contributed by atoms with van der Waals surface area (Å²) in [5, 5.41) is 5.15. The standard InChI is InChI=1S/C14H8BrFN2OS2/c15-8-5-11(20-7-8)6-12-13(19)18-14(21-12)17-10-3-1-9(16)2-4-10/h1-7H,(H,17,18,19)/b12-6+. The van der Waals surface area contributed by atoms with Crippen LogP contribution in [-0.4, -0.2) is 11.1 Å². The number of carbonyl (C=O) groups excluding carboxylic acids is 1. The molecule has 2 aromatic rings. The quantitative estimate of drug-likeness (QED) is 0.774. The molecule has 0 bridgehead atoms. The average Bonchev–Trinajstić information content (AvgIpc) is 3.00. The molecule has 1 aromatic heterocycles. The molecular formula is C14H8BrFN2OS2. The largest absolute Gasteiger partial charge is 0.300 e. The van der Waals surface area contributed by atoms with E-state index in [-0.39, 0.29) is 11.7 Å². The third-order valence-electron chi connectivity index (χ3n) is 2.57. The molecule has 1 aliphatic heterocycles. The van der Waals surface area contributed by atoms with Gasteiger partial charge in [-0.3, -0.25) is 4.79 Å². The Kier molecular flexibility index (Phi) is 4.23. The first-order valence-corrected chi connectivity index (χ1v) is 8.38. The van der Waals surface area contributed by atoms with Crippen molar-refractivity contribution < 1.29 is 9.18 Å². The van der Waals surface area contributed by atoms with Crippen LogP contribution in [0.15, 0.2) is 50.1 Å². The van der Waals surface area contributed by atoms with Crippen molar-refractivity contribution in [2.75, 3.05) is 0 Å². The Hall–Kier alpha value is -1.44. The number of thioether (sulfide) groups is 1. The van der Waals surface area contributed by atoms with Gasteiger partial charge in [-0.15, -0.1) is 11.3 Å². The van der Waals surface area contributed by atoms with Crippen LogP contribution in [-0.2, 0) is 4.79 Å². The minimum Gasteiger partial charge on any atom is -0.300 e. The summed E-state index contributed by atoms with van der Waals surface area (Å²) in [6, 6.07) is 7.74. The van der Waals surface area contributed by atoms with Gasteiger partial charge in [0.25, 0.3) is 5.91 Å². The van der Waals surface area contributed by atoms with Crippen molar-refractivity contribution in [3.8, 4) is 0 Å². The van der Waals surface area contributed by atoms with Gasteiger partial charge < -0.3 is 5.32 Å². The van der Waals surface area contributed by atoms with E-state index in [1.165, 1.54) is 23.9 Å². The lowest BCUT2D eigenvalue weighted by Crippen LogP contribution is -2.19. The lowest BCUT2D eigenvalue weighted by atomic mass is 10.3. The number of hydrogen-bond donors (Lipinski definition) is 1. The number of halogens is 2. The van der Waals surface area contributed by atoms with E-state index in [4.69, 9.17) is 0 Å². The van der Waals surface area contributed by atoms with Crippen LogP contribution in [0.4, 0.5) is 10.1 Å². The average molecular weight is 383 g/mol. The van der Waals surface area contributed by atoms with Crippen LogP contribution in [0.5, 0.6) is 0 Å². The number of benzene rings is 1. The molecule has 0 aliphatic carbocycles. The first kappa shape index (κ1) is 14.5. The maximum Gasteiger partial charge on any atom is 0.264 e. The molecular weight excluding hydrogens is 375 g/mol. The van der Waals surface area contributed by atoms with Crippen LogP contribution < -0.4 is 5.32 Å². The summed E-state index contributed by atoms with van der Waals surface area (Å²) in [4.78, 5) is 17.7. The minimum absolute atomic E-state index is 0.176. The highest BCUT2D eigenvalue weighted by Gasteiger charge is 2.23. The van der Waals surface area contributed by atoms with Crippen molar-refractivity contribution >= 4 is 61.9 Å². The van der Waals surface area contributed by atoms with E-state index in [0.29, 0.717) is 15.8 Å². The molecule has 0 atom stereocenters. The van der Waals surface area contributed by atoms with Gasteiger partial charge in [-0.1, -0.05) is 0 Å². The molecule has 21 heavy (non-hydrogen) atoms. The third kappa shape index (κ3) is 3.61. The van der Waals surface area contributed by atoms with E-state index >= 15 is 0 Å². The fourth-order valence-corrected chi connectivity index (χ4v) is 3.93. The van der Waals surface area contributed by atoms with Crippen LogP contribution in [0, 0.1) is 5.82 Å². The second-order valence-electron chi connectivity index (χ2n) is 4.13. The maximum absolute atomic E-state index is 12.8. The highest BCUT2D eigenvalue weighted by molar-refractivity contribution is 9.10. The summed E-state index contributed by atoms with van der Waals surface area (Å²) in [7, 11) is 0. The number of nitrogens with zero attached hydrogens (tertiary/aromatic N) is 1. The molecule has 106 valence electrons. The number of amidine groups is 1. The minimum atomic E-state index is -0.314. The van der Waals surface area contributed by atoms with Gasteiger partial charge in [-0.25, -0.2) is 9.38 Å². The van der Waals surface area contributed by atoms with E-state index in [1.54, 1.807) is 23.5 Å². The van der Waals surface area contributed by atoms with Gasteiger partial charge in [0.15, 0.2) is 5.17 Å². The first-order valence-electron chi connectivity index (χ1n) is 5.89. The van der Waals surface area contributed by atoms with Crippen LogP contribution in [0.1, 0.15) is 4.88 Å². The zero-order chi connectivity index (χ0) is 14.8. The first-order chi connectivity index (χ1) is 10.1. The molecule has 0 radical (unpaired) electrons. The number of hydrogen-bond acceptors (Lipinski definition) is 4. The lowest BCUT2D eigenvalue weighted by Gasteiger charge is -1.95. The smallest absolute Gasteiger partial charge is 0.264 e. The molecule has 1 aromatic carbocycles. The van der Waals surface area contributed by atoms with Crippen molar-refractivity contribution in [3.63, 3.8) is 0 Å². The number of carbonyl (C=O) groups is 1. The fraction of sp³-hybridized carbons (Fsp3) is 0. The van der Waals surface area contributed by atoms with Crippen molar-refractivity contribution in [3.05, 3.63) is 55.8 Å². The third-order valence-corrected chi connectivity index (χ3v) is 5.12. The Morgan fingerprint density at radius 2 is 2.05 bits per heavy atom. The molecule has 0 unspecified atom stereocenters. The second-order valence-corrected chi connectivity index (χ2v) is 7.01.